The maximum atomic E-state index is 12.5. The summed E-state index contributed by atoms with van der Waals surface area (Å²) in [6.45, 7) is 2.49. The largest absolute Gasteiger partial charge is 0.494 e. The van der Waals surface area contributed by atoms with Gasteiger partial charge in [-0.2, -0.15) is 5.10 Å². The van der Waals surface area contributed by atoms with E-state index in [9.17, 15) is 9.59 Å². The zero-order valence-corrected chi connectivity index (χ0v) is 16.6. The highest BCUT2D eigenvalue weighted by Gasteiger charge is 2.13. The van der Waals surface area contributed by atoms with E-state index in [1.165, 1.54) is 0 Å². The second-order valence-corrected chi connectivity index (χ2v) is 6.54. The Morgan fingerprint density at radius 3 is 2.68 bits per heavy atom. The van der Waals surface area contributed by atoms with Gasteiger partial charge in [0.05, 0.1) is 12.3 Å². The molecule has 2 aromatic heterocycles. The van der Waals surface area contributed by atoms with Crippen LogP contribution in [0.5, 0.6) is 5.75 Å². The van der Waals surface area contributed by atoms with Crippen molar-refractivity contribution in [3.63, 3.8) is 0 Å². The van der Waals surface area contributed by atoms with Gasteiger partial charge in [0.25, 0.3) is 11.8 Å². The Morgan fingerprint density at radius 2 is 1.94 bits per heavy atom. The van der Waals surface area contributed by atoms with Gasteiger partial charge in [-0.1, -0.05) is 18.2 Å². The molecule has 9 heteroatoms. The van der Waals surface area contributed by atoms with Crippen LogP contribution in [0.25, 0.3) is 22.2 Å². The first-order valence-electron chi connectivity index (χ1n) is 9.50. The lowest BCUT2D eigenvalue weighted by atomic mass is 10.1. The molecule has 2 amide bonds. The number of benzene rings is 2. The summed E-state index contributed by atoms with van der Waals surface area (Å²) in [6, 6.07) is 17.6. The number of primary amides is 1. The Kier molecular flexibility index (Phi) is 5.48. The van der Waals surface area contributed by atoms with Crippen molar-refractivity contribution in [1.82, 2.24) is 15.6 Å². The third kappa shape index (κ3) is 4.30. The van der Waals surface area contributed by atoms with Crippen molar-refractivity contribution >= 4 is 22.8 Å². The number of aromatic amines is 1. The zero-order valence-electron chi connectivity index (χ0n) is 16.6. The summed E-state index contributed by atoms with van der Waals surface area (Å²) in [5, 5.41) is 11.5. The van der Waals surface area contributed by atoms with Crippen LogP contribution in [-0.2, 0) is 0 Å². The maximum Gasteiger partial charge on any atom is 0.289 e. The molecule has 9 nitrogen and oxygen atoms in total. The van der Waals surface area contributed by atoms with Crippen molar-refractivity contribution in [2.45, 2.75) is 6.92 Å². The molecular weight excluding hydrogens is 398 g/mol. The Bertz CT molecular complexity index is 1320. The van der Waals surface area contributed by atoms with E-state index >= 15 is 0 Å². The Balaban J connectivity index is 1.57. The van der Waals surface area contributed by atoms with E-state index in [1.807, 2.05) is 31.2 Å². The minimum absolute atomic E-state index is 0.0543. The standard InChI is InChI=1S/C22H19N5O4/c1-2-30-15-9-7-13(8-10-15)17-12-18(25-24-17)21(29)26-27-22-16(20(23)28)11-14-5-3-4-6-19(14)31-22/h3-12H,2H2,1H3,(H2,23,28)(H,24,25)(H,26,29). The van der Waals surface area contributed by atoms with E-state index in [1.54, 1.807) is 36.4 Å². The van der Waals surface area contributed by atoms with E-state index in [0.29, 0.717) is 23.3 Å². The number of nitrogens with one attached hydrogen (secondary N) is 2. The van der Waals surface area contributed by atoms with Gasteiger partial charge in [-0.3, -0.25) is 14.7 Å². The van der Waals surface area contributed by atoms with Crippen LogP contribution in [-0.4, -0.2) is 28.6 Å². The fraction of sp³-hybridized carbons (Fsp3) is 0.0909. The van der Waals surface area contributed by atoms with Crippen LogP contribution in [0.1, 0.15) is 27.8 Å². The number of carbonyl (C=O) groups is 2. The number of rotatable bonds is 6. The zero-order chi connectivity index (χ0) is 21.8. The molecule has 2 heterocycles. The number of para-hydroxylation sites is 1. The molecular formula is C22H19N5O4. The fourth-order valence-corrected chi connectivity index (χ4v) is 2.96. The van der Waals surface area contributed by atoms with Gasteiger partial charge in [-0.15, -0.1) is 5.10 Å². The molecule has 0 aliphatic carbocycles. The lowest BCUT2D eigenvalue weighted by molar-refractivity contribution is 0.0941. The van der Waals surface area contributed by atoms with E-state index in [2.05, 4.69) is 20.7 Å². The van der Waals surface area contributed by atoms with Crippen LogP contribution >= 0.6 is 0 Å². The van der Waals surface area contributed by atoms with Crippen LogP contribution in [0.15, 0.2) is 70.2 Å². The van der Waals surface area contributed by atoms with Crippen LogP contribution in [0.4, 0.5) is 0 Å². The van der Waals surface area contributed by atoms with E-state index < -0.39 is 11.8 Å². The molecule has 0 aliphatic rings. The van der Waals surface area contributed by atoms with Gasteiger partial charge in [0.15, 0.2) is 0 Å². The molecule has 4 aromatic rings. The van der Waals surface area contributed by atoms with Crippen molar-refractivity contribution in [1.29, 1.82) is 0 Å². The highest BCUT2D eigenvalue weighted by atomic mass is 16.5. The molecule has 0 radical (unpaired) electrons. The minimum Gasteiger partial charge on any atom is -0.494 e. The molecule has 4 rings (SSSR count). The monoisotopic (exact) mass is 417 g/mol. The lowest BCUT2D eigenvalue weighted by Crippen LogP contribution is -2.27. The summed E-state index contributed by atoms with van der Waals surface area (Å²) in [5.41, 5.74) is 9.83. The Labute approximate surface area is 176 Å². The van der Waals surface area contributed by atoms with Gasteiger partial charge < -0.3 is 14.9 Å². The van der Waals surface area contributed by atoms with Gasteiger partial charge in [0.1, 0.15) is 22.6 Å². The highest BCUT2D eigenvalue weighted by Crippen LogP contribution is 2.21. The van der Waals surface area contributed by atoms with Crippen LogP contribution in [0, 0.1) is 0 Å². The van der Waals surface area contributed by atoms with Crippen molar-refractivity contribution in [3.8, 4) is 17.0 Å². The number of ether oxygens (including phenoxy) is 1. The third-order valence-corrected chi connectivity index (χ3v) is 4.46. The number of hydrogen-bond acceptors (Lipinski definition) is 6. The van der Waals surface area contributed by atoms with Crippen molar-refractivity contribution in [3.05, 3.63) is 77.5 Å². The molecule has 0 unspecified atom stereocenters. The van der Waals surface area contributed by atoms with Gasteiger partial charge in [0.2, 0.25) is 5.55 Å². The first-order chi connectivity index (χ1) is 15.0. The summed E-state index contributed by atoms with van der Waals surface area (Å²) in [5.74, 6) is -0.520. The highest BCUT2D eigenvalue weighted by molar-refractivity contribution is 5.95. The summed E-state index contributed by atoms with van der Waals surface area (Å²) in [4.78, 5) is 24.3. The molecule has 0 saturated carbocycles. The number of amides is 2. The molecule has 0 fully saturated rings. The molecule has 0 spiro atoms. The number of aromatic nitrogens is 2. The summed E-state index contributed by atoms with van der Waals surface area (Å²) < 4.78 is 11.0. The van der Waals surface area contributed by atoms with Gasteiger partial charge in [-0.05, 0) is 49.4 Å². The molecule has 31 heavy (non-hydrogen) atoms. The Hall–Kier alpha value is -4.40. The first-order valence-corrected chi connectivity index (χ1v) is 9.50. The second-order valence-electron chi connectivity index (χ2n) is 6.54. The second kappa shape index (κ2) is 8.54. The van der Waals surface area contributed by atoms with E-state index in [0.717, 1.165) is 11.3 Å². The average Bonchev–Trinajstić information content (AvgIpc) is 3.28. The number of nitrogens with two attached hydrogens (primary N) is 1. The number of nitrogens with zero attached hydrogens (tertiary/aromatic N) is 2. The van der Waals surface area contributed by atoms with Crippen molar-refractivity contribution in [2.24, 2.45) is 10.8 Å². The Morgan fingerprint density at radius 1 is 1.16 bits per heavy atom. The van der Waals surface area contributed by atoms with Crippen molar-refractivity contribution in [2.75, 3.05) is 6.61 Å². The topological polar surface area (TPSA) is 136 Å². The third-order valence-electron chi connectivity index (χ3n) is 4.46. The predicted octanol–water partition coefficient (Wildman–Crippen LogP) is 2.57. The SMILES string of the molecule is CCOc1ccc(-c2cc(C(=O)NN=c3oc4ccccc4cc3C(N)=O)[nH]n2)cc1. The predicted molar refractivity (Wildman–Crippen MR) is 113 cm³/mol. The molecule has 0 aliphatic heterocycles. The van der Waals surface area contributed by atoms with Gasteiger partial charge >= 0.3 is 0 Å². The maximum absolute atomic E-state index is 12.5. The molecule has 2 aromatic carbocycles. The number of hydrogen-bond donors (Lipinski definition) is 3. The van der Waals surface area contributed by atoms with Crippen LogP contribution < -0.4 is 21.5 Å². The fourth-order valence-electron chi connectivity index (χ4n) is 2.96. The molecule has 156 valence electrons. The average molecular weight is 417 g/mol. The van der Waals surface area contributed by atoms with E-state index in [-0.39, 0.29) is 16.8 Å². The van der Waals surface area contributed by atoms with Gasteiger partial charge in [0, 0.05) is 10.9 Å². The lowest BCUT2D eigenvalue weighted by Gasteiger charge is -2.02. The molecule has 0 bridgehead atoms. The summed E-state index contributed by atoms with van der Waals surface area (Å²) >= 11 is 0. The normalized spacial score (nSPS) is 11.5. The van der Waals surface area contributed by atoms with Crippen LogP contribution in [0.2, 0.25) is 0 Å². The number of H-pyrrole nitrogens is 1. The van der Waals surface area contributed by atoms with E-state index in [4.69, 9.17) is 14.9 Å². The first kappa shape index (κ1) is 19.9. The van der Waals surface area contributed by atoms with Crippen LogP contribution in [0.3, 0.4) is 0 Å². The quantitative estimate of drug-likeness (QED) is 0.414. The van der Waals surface area contributed by atoms with Crippen molar-refractivity contribution < 1.29 is 18.7 Å². The van der Waals surface area contributed by atoms with Gasteiger partial charge in [-0.25, -0.2) is 5.43 Å². The number of fused-ring (bicyclic) bond motifs is 1. The minimum atomic E-state index is -0.721. The number of carbonyl (C=O) groups excluding carboxylic acids is 2. The summed E-state index contributed by atoms with van der Waals surface area (Å²) in [6.07, 6.45) is 0. The molecule has 4 N–H and O–H groups in total. The smallest absolute Gasteiger partial charge is 0.289 e. The molecule has 0 atom stereocenters. The summed E-state index contributed by atoms with van der Waals surface area (Å²) in [7, 11) is 0. The molecule has 0 saturated heterocycles.